The summed E-state index contributed by atoms with van der Waals surface area (Å²) in [5.74, 6) is 0. The molecule has 0 saturated heterocycles. The number of rotatable bonds is 1. The van der Waals surface area contributed by atoms with Crippen LogP contribution >= 0.6 is 0 Å². The summed E-state index contributed by atoms with van der Waals surface area (Å²) in [7, 11) is 0. The van der Waals surface area contributed by atoms with Crippen molar-refractivity contribution >= 4 is 10.9 Å². The number of nitrogens with zero attached hydrogens (tertiary/aromatic N) is 1. The maximum absolute atomic E-state index is 4.20. The van der Waals surface area contributed by atoms with Crippen LogP contribution in [0.2, 0.25) is 0 Å². The quantitative estimate of drug-likeness (QED) is 0.679. The van der Waals surface area contributed by atoms with Gasteiger partial charge >= 0.3 is 0 Å². The lowest BCUT2D eigenvalue weighted by Gasteiger charge is -1.92. The zero-order valence-electron chi connectivity index (χ0n) is 7.09. The lowest BCUT2D eigenvalue weighted by Crippen LogP contribution is -1.78. The summed E-state index contributed by atoms with van der Waals surface area (Å²) in [5.41, 5.74) is 3.23. The number of aromatic nitrogens is 2. The Morgan fingerprint density at radius 1 is 1.50 bits per heavy atom. The maximum atomic E-state index is 4.20. The van der Waals surface area contributed by atoms with Crippen molar-refractivity contribution in [3.05, 3.63) is 36.4 Å². The molecule has 1 radical (unpaired) electrons. The van der Waals surface area contributed by atoms with Gasteiger partial charge in [-0.3, -0.25) is 5.10 Å². The molecule has 0 unspecified atom stereocenters. The first kappa shape index (κ1) is 7.35. The lowest BCUT2D eigenvalue weighted by molar-refractivity contribution is 0.988. The van der Waals surface area contributed by atoms with E-state index in [0.29, 0.717) is 0 Å². The molecule has 1 N–H and O–H groups in total. The van der Waals surface area contributed by atoms with Gasteiger partial charge in [0.05, 0.1) is 11.2 Å². The third-order valence-electron chi connectivity index (χ3n) is 2.04. The van der Waals surface area contributed by atoms with E-state index in [-0.39, 0.29) is 0 Å². The monoisotopic (exact) mass is 159 g/mol. The molecular formula is C10H11N2. The van der Waals surface area contributed by atoms with Gasteiger partial charge in [-0.1, -0.05) is 19.1 Å². The minimum absolute atomic E-state index is 0.969. The van der Waals surface area contributed by atoms with Gasteiger partial charge in [0.25, 0.3) is 0 Å². The van der Waals surface area contributed by atoms with Crippen molar-refractivity contribution in [3.63, 3.8) is 0 Å². The molecule has 12 heavy (non-hydrogen) atoms. The number of hydrogen-bond donors (Lipinski definition) is 1. The van der Waals surface area contributed by atoms with Gasteiger partial charge in [0.2, 0.25) is 0 Å². The van der Waals surface area contributed by atoms with E-state index in [9.17, 15) is 0 Å². The van der Waals surface area contributed by atoms with Crippen LogP contribution in [0.25, 0.3) is 10.9 Å². The van der Waals surface area contributed by atoms with Crippen LogP contribution in [0.3, 0.4) is 0 Å². The highest BCUT2D eigenvalue weighted by atomic mass is 15.1. The molecule has 2 heteroatoms. The highest BCUT2D eigenvalue weighted by molar-refractivity contribution is 5.82. The van der Waals surface area contributed by atoms with E-state index in [1.165, 1.54) is 5.39 Å². The van der Waals surface area contributed by atoms with Crippen LogP contribution in [0.5, 0.6) is 0 Å². The average molecular weight is 159 g/mol. The van der Waals surface area contributed by atoms with Gasteiger partial charge in [0, 0.05) is 5.39 Å². The standard InChI is InChI=1S/C10H11N2/c1-3-9-8-5-4-7(2)6-10(8)12-11-9/h4-6H,2-3H2,1H3,(H,11,12). The fraction of sp³-hybridized carbons (Fsp3) is 0.200. The van der Waals surface area contributed by atoms with Gasteiger partial charge < -0.3 is 0 Å². The van der Waals surface area contributed by atoms with Gasteiger partial charge in [0.15, 0.2) is 0 Å². The zero-order chi connectivity index (χ0) is 8.55. The number of hydrogen-bond acceptors (Lipinski definition) is 1. The third kappa shape index (κ3) is 0.998. The van der Waals surface area contributed by atoms with Crippen LogP contribution in [0.15, 0.2) is 18.2 Å². The molecule has 0 saturated carbocycles. The molecule has 0 fully saturated rings. The summed E-state index contributed by atoms with van der Waals surface area (Å²) >= 11 is 0. The molecule has 2 nitrogen and oxygen atoms in total. The van der Waals surface area contributed by atoms with Crippen molar-refractivity contribution in [1.82, 2.24) is 10.2 Å². The smallest absolute Gasteiger partial charge is 0.0698 e. The summed E-state index contributed by atoms with van der Waals surface area (Å²) in [6.07, 6.45) is 0.969. The Hall–Kier alpha value is -1.31. The molecule has 0 spiro atoms. The van der Waals surface area contributed by atoms with Crippen molar-refractivity contribution in [3.8, 4) is 0 Å². The molecule has 2 aromatic rings. The zero-order valence-corrected chi connectivity index (χ0v) is 7.09. The number of fused-ring (bicyclic) bond motifs is 1. The van der Waals surface area contributed by atoms with Crippen LogP contribution in [-0.2, 0) is 6.42 Å². The predicted octanol–water partition coefficient (Wildman–Crippen LogP) is 2.31. The molecule has 61 valence electrons. The first-order valence-electron chi connectivity index (χ1n) is 4.10. The lowest BCUT2D eigenvalue weighted by atomic mass is 10.1. The maximum Gasteiger partial charge on any atom is 0.0698 e. The molecule has 0 amide bonds. The normalized spacial score (nSPS) is 10.8. The van der Waals surface area contributed by atoms with E-state index >= 15 is 0 Å². The number of nitrogens with one attached hydrogen (secondary N) is 1. The highest BCUT2D eigenvalue weighted by Gasteiger charge is 2.01. The van der Waals surface area contributed by atoms with E-state index in [0.717, 1.165) is 23.2 Å². The molecular weight excluding hydrogens is 148 g/mol. The first-order valence-corrected chi connectivity index (χ1v) is 4.10. The summed E-state index contributed by atoms with van der Waals surface area (Å²) in [5, 5.41) is 8.40. The van der Waals surface area contributed by atoms with Gasteiger partial charge in [0.1, 0.15) is 0 Å². The average Bonchev–Trinajstić information content (AvgIpc) is 2.46. The number of H-pyrrole nitrogens is 1. The highest BCUT2D eigenvalue weighted by Crippen LogP contribution is 2.17. The topological polar surface area (TPSA) is 28.7 Å². The predicted molar refractivity (Wildman–Crippen MR) is 49.9 cm³/mol. The second-order valence-electron chi connectivity index (χ2n) is 2.90. The minimum Gasteiger partial charge on any atom is -0.278 e. The second-order valence-corrected chi connectivity index (χ2v) is 2.90. The summed E-state index contributed by atoms with van der Waals surface area (Å²) in [6, 6.07) is 6.10. The summed E-state index contributed by atoms with van der Waals surface area (Å²) in [4.78, 5) is 0. The Morgan fingerprint density at radius 2 is 2.33 bits per heavy atom. The van der Waals surface area contributed by atoms with E-state index < -0.39 is 0 Å². The SMILES string of the molecule is [CH2]c1ccc2c(CC)n[nH]c2c1. The minimum atomic E-state index is 0.969. The number of aryl methyl sites for hydroxylation is 1. The first-order chi connectivity index (χ1) is 5.81. The Labute approximate surface area is 71.6 Å². The van der Waals surface area contributed by atoms with Gasteiger partial charge in [-0.25, -0.2) is 0 Å². The van der Waals surface area contributed by atoms with Crippen LogP contribution in [0, 0.1) is 6.92 Å². The fourth-order valence-electron chi connectivity index (χ4n) is 1.39. The van der Waals surface area contributed by atoms with Crippen molar-refractivity contribution < 1.29 is 0 Å². The van der Waals surface area contributed by atoms with Crippen molar-refractivity contribution in [2.24, 2.45) is 0 Å². The third-order valence-corrected chi connectivity index (χ3v) is 2.04. The molecule has 0 atom stereocenters. The second kappa shape index (κ2) is 2.63. The van der Waals surface area contributed by atoms with Crippen LogP contribution in [-0.4, -0.2) is 10.2 Å². The van der Waals surface area contributed by atoms with E-state index in [4.69, 9.17) is 0 Å². The molecule has 0 bridgehead atoms. The molecule has 1 heterocycles. The largest absolute Gasteiger partial charge is 0.278 e. The Morgan fingerprint density at radius 3 is 3.08 bits per heavy atom. The van der Waals surface area contributed by atoms with Gasteiger partial charge in [-0.05, 0) is 25.0 Å². The summed E-state index contributed by atoms with van der Waals surface area (Å²) in [6.45, 7) is 5.96. The van der Waals surface area contributed by atoms with Gasteiger partial charge in [-0.2, -0.15) is 5.10 Å². The molecule has 2 rings (SSSR count). The Kier molecular flexibility index (Phi) is 1.61. The molecule has 0 aliphatic heterocycles. The molecule has 1 aromatic carbocycles. The van der Waals surface area contributed by atoms with Crippen molar-refractivity contribution in [2.75, 3.05) is 0 Å². The number of benzene rings is 1. The Bertz CT molecular complexity index is 401. The molecule has 1 aromatic heterocycles. The summed E-state index contributed by atoms with van der Waals surface area (Å²) < 4.78 is 0. The Balaban J connectivity index is 2.73. The van der Waals surface area contributed by atoms with E-state index in [2.05, 4.69) is 30.1 Å². The van der Waals surface area contributed by atoms with Crippen LogP contribution in [0.4, 0.5) is 0 Å². The van der Waals surface area contributed by atoms with Crippen LogP contribution in [0.1, 0.15) is 18.2 Å². The van der Waals surface area contributed by atoms with E-state index in [1.807, 2.05) is 12.1 Å². The van der Waals surface area contributed by atoms with Crippen LogP contribution < -0.4 is 0 Å². The molecule has 0 aliphatic rings. The van der Waals surface area contributed by atoms with E-state index in [1.54, 1.807) is 0 Å². The fourth-order valence-corrected chi connectivity index (χ4v) is 1.39. The molecule has 0 aliphatic carbocycles. The van der Waals surface area contributed by atoms with Crippen molar-refractivity contribution in [2.45, 2.75) is 13.3 Å². The van der Waals surface area contributed by atoms with Gasteiger partial charge in [-0.15, -0.1) is 0 Å². The van der Waals surface area contributed by atoms with Crippen molar-refractivity contribution in [1.29, 1.82) is 0 Å². The number of aromatic amines is 1.